The van der Waals surface area contributed by atoms with Crippen molar-refractivity contribution in [3.63, 3.8) is 0 Å². The Morgan fingerprint density at radius 3 is 2.09 bits per heavy atom. The maximum absolute atomic E-state index is 11.7. The van der Waals surface area contributed by atoms with Crippen LogP contribution in [0.1, 0.15) is 85.4 Å². The first-order valence-corrected chi connectivity index (χ1v) is 17.1. The molecule has 6 heteroatoms. The number of aliphatic hydroxyl groups excluding tert-OH is 1. The van der Waals surface area contributed by atoms with E-state index in [-0.39, 0.29) is 48.9 Å². The second kappa shape index (κ2) is 16.6. The van der Waals surface area contributed by atoms with E-state index in [9.17, 15) is 9.90 Å². The topological polar surface area (TPSA) is 63.1 Å². The number of fused-ring (bicyclic) bond motifs is 2. The first-order valence-electron chi connectivity index (χ1n) is 16.2. The molecule has 0 spiro atoms. The number of allylic oxidation sites excluding steroid dienone is 2. The number of carbonyl (C=O) groups is 1. The van der Waals surface area contributed by atoms with E-state index >= 15 is 0 Å². The van der Waals surface area contributed by atoms with Gasteiger partial charge in [-0.2, -0.15) is 0 Å². The third-order valence-corrected chi connectivity index (χ3v) is 9.50. The summed E-state index contributed by atoms with van der Waals surface area (Å²) in [7, 11) is 0. The third kappa shape index (κ3) is 8.79. The number of aromatic nitrogens is 2. The van der Waals surface area contributed by atoms with Crippen molar-refractivity contribution in [1.82, 2.24) is 9.97 Å². The predicted octanol–water partition coefficient (Wildman–Crippen LogP) is 11.5. The molecule has 0 saturated heterocycles. The van der Waals surface area contributed by atoms with Gasteiger partial charge in [0.05, 0.1) is 11.3 Å². The summed E-state index contributed by atoms with van der Waals surface area (Å²) in [4.78, 5) is 21.5. The van der Waals surface area contributed by atoms with Crippen molar-refractivity contribution < 1.29 is 30.0 Å². The molecule has 0 amide bonds. The molecule has 0 atom stereocenters. The van der Waals surface area contributed by atoms with Gasteiger partial charge in [-0.1, -0.05) is 102 Å². The van der Waals surface area contributed by atoms with Gasteiger partial charge in [0, 0.05) is 65.7 Å². The summed E-state index contributed by atoms with van der Waals surface area (Å²) in [5.41, 5.74) is 6.46. The van der Waals surface area contributed by atoms with Crippen LogP contribution in [0, 0.1) is 24.8 Å². The molecule has 2 heterocycles. The predicted molar refractivity (Wildman–Crippen MR) is 192 cm³/mol. The average molecular weight is 812 g/mol. The summed E-state index contributed by atoms with van der Waals surface area (Å²) in [6.45, 7) is 16.9. The number of nitrogens with zero attached hydrogens (tertiary/aromatic N) is 2. The van der Waals surface area contributed by atoms with E-state index in [0.29, 0.717) is 0 Å². The zero-order chi connectivity index (χ0) is 32.7. The minimum Gasteiger partial charge on any atom is -0.512 e. The number of aliphatic hydroxyl groups is 1. The van der Waals surface area contributed by atoms with Gasteiger partial charge in [-0.25, -0.2) is 4.98 Å². The standard InChI is InChI=1S/C27H23N2S.C13H24O2.Ir/c1-17-16-30-26(28-17)22-15-25(29-24-12-8-7-11-21(22)24)19-13-18-9-5-6-10-20(18)23(14-19)27(2,3)4;1-5-10(6-2)12(14)9-13(15)11(7-3)8-4;/h5-12,14-16H,1-4H3;9-11,14H,5-8H2,1-4H3;/q-1;;/b;12-9-;. The second-order valence-corrected chi connectivity index (χ2v) is 13.6. The molecule has 3 aromatic carbocycles. The molecule has 5 rings (SSSR count). The smallest absolute Gasteiger partial charge is 0.162 e. The molecule has 5 aromatic rings. The maximum Gasteiger partial charge on any atom is 0.162 e. The number of thiazole rings is 1. The molecule has 0 saturated carbocycles. The van der Waals surface area contributed by atoms with Crippen LogP contribution in [0.4, 0.5) is 0 Å². The fourth-order valence-corrected chi connectivity index (χ4v) is 6.56. The van der Waals surface area contributed by atoms with Crippen molar-refractivity contribution >= 4 is 38.8 Å². The van der Waals surface area contributed by atoms with Gasteiger partial charge in [-0.05, 0) is 44.1 Å². The van der Waals surface area contributed by atoms with Crippen LogP contribution < -0.4 is 0 Å². The van der Waals surface area contributed by atoms with Gasteiger partial charge in [0.15, 0.2) is 5.78 Å². The van der Waals surface area contributed by atoms with Crippen LogP contribution in [0.5, 0.6) is 0 Å². The van der Waals surface area contributed by atoms with Crippen LogP contribution in [-0.4, -0.2) is 20.9 Å². The zero-order valence-electron chi connectivity index (χ0n) is 28.4. The molecule has 0 aliphatic carbocycles. The van der Waals surface area contributed by atoms with Crippen LogP contribution in [0.3, 0.4) is 0 Å². The van der Waals surface area contributed by atoms with Crippen molar-refractivity contribution in [1.29, 1.82) is 0 Å². The molecular formula is C40H47IrN2O2S-. The first kappa shape index (κ1) is 37.3. The number of hydrogen-bond acceptors (Lipinski definition) is 5. The van der Waals surface area contributed by atoms with Gasteiger partial charge >= 0.3 is 0 Å². The fraction of sp³-hybridized carbons (Fsp3) is 0.375. The van der Waals surface area contributed by atoms with Gasteiger partial charge in [-0.3, -0.25) is 9.78 Å². The molecule has 4 nitrogen and oxygen atoms in total. The molecular weight excluding hydrogens is 765 g/mol. The SMILES string of the molecule is CCC(CC)C(=O)/C=C(\O)C(CC)CC.Cc1csc(-c2cc(-c3[c-]c4ccccc4c(C(C)(C)C)c3)nc3ccccc23)n1.[Ir]. The van der Waals surface area contributed by atoms with E-state index in [1.165, 1.54) is 17.0 Å². The molecule has 1 N–H and O–H groups in total. The Labute approximate surface area is 292 Å². The van der Waals surface area contributed by atoms with Crippen LogP contribution in [0.2, 0.25) is 0 Å². The zero-order valence-corrected chi connectivity index (χ0v) is 31.6. The minimum atomic E-state index is 0. The summed E-state index contributed by atoms with van der Waals surface area (Å²) in [6.07, 6.45) is 4.91. The average Bonchev–Trinajstić information content (AvgIpc) is 3.46. The van der Waals surface area contributed by atoms with Crippen LogP contribution >= 0.6 is 11.3 Å². The number of hydrogen-bond donors (Lipinski definition) is 1. The van der Waals surface area contributed by atoms with Crippen LogP contribution in [0.15, 0.2) is 77.9 Å². The van der Waals surface area contributed by atoms with Crippen molar-refractivity contribution in [3.8, 4) is 21.8 Å². The normalized spacial score (nSPS) is 11.9. The van der Waals surface area contributed by atoms with Crippen molar-refractivity contribution in [2.24, 2.45) is 11.8 Å². The largest absolute Gasteiger partial charge is 0.512 e. The Balaban J connectivity index is 0.000000309. The minimum absolute atomic E-state index is 0. The fourth-order valence-electron chi connectivity index (χ4n) is 5.74. The maximum atomic E-state index is 11.7. The molecule has 0 fully saturated rings. The molecule has 0 aliphatic heterocycles. The van der Waals surface area contributed by atoms with Crippen LogP contribution in [0.25, 0.3) is 43.5 Å². The number of aryl methyl sites for hydroxylation is 1. The molecule has 0 bridgehead atoms. The molecule has 245 valence electrons. The van der Waals surface area contributed by atoms with Crippen LogP contribution in [-0.2, 0) is 30.3 Å². The quantitative estimate of drug-likeness (QED) is 0.0915. The van der Waals surface area contributed by atoms with Gasteiger partial charge in [0.25, 0.3) is 0 Å². The number of rotatable bonds is 9. The molecule has 46 heavy (non-hydrogen) atoms. The van der Waals surface area contributed by atoms with Crippen molar-refractivity contribution in [2.75, 3.05) is 0 Å². The summed E-state index contributed by atoms with van der Waals surface area (Å²) < 4.78 is 0. The Bertz CT molecular complexity index is 1790. The van der Waals surface area contributed by atoms with E-state index in [1.807, 2.05) is 40.7 Å². The molecule has 1 radical (unpaired) electrons. The van der Waals surface area contributed by atoms with E-state index in [0.717, 1.165) is 69.5 Å². The Kier molecular flexibility index (Phi) is 13.4. The number of pyridine rings is 1. The second-order valence-electron chi connectivity index (χ2n) is 12.8. The van der Waals surface area contributed by atoms with E-state index in [4.69, 9.17) is 9.97 Å². The Morgan fingerprint density at radius 1 is 0.891 bits per heavy atom. The number of carbonyl (C=O) groups excluding carboxylic acids is 1. The monoisotopic (exact) mass is 812 g/mol. The van der Waals surface area contributed by atoms with Gasteiger partial charge in [0.1, 0.15) is 5.01 Å². The number of ketones is 1. The Hall–Kier alpha value is -3.18. The van der Waals surface area contributed by atoms with Crippen molar-refractivity contribution in [2.45, 2.75) is 86.5 Å². The molecule has 0 aliphatic rings. The summed E-state index contributed by atoms with van der Waals surface area (Å²) in [6, 6.07) is 24.9. The number of para-hydroxylation sites is 1. The van der Waals surface area contributed by atoms with E-state index in [1.54, 1.807) is 11.3 Å². The summed E-state index contributed by atoms with van der Waals surface area (Å²) in [5, 5.41) is 16.4. The first-order chi connectivity index (χ1) is 21.5. The van der Waals surface area contributed by atoms with Gasteiger partial charge in [0.2, 0.25) is 0 Å². The Morgan fingerprint density at radius 2 is 1.50 bits per heavy atom. The summed E-state index contributed by atoms with van der Waals surface area (Å²) >= 11 is 1.68. The van der Waals surface area contributed by atoms with Crippen molar-refractivity contribution in [3.05, 3.63) is 95.2 Å². The molecule has 2 aromatic heterocycles. The van der Waals surface area contributed by atoms with Gasteiger partial charge in [-0.15, -0.1) is 40.5 Å². The number of benzene rings is 3. The van der Waals surface area contributed by atoms with Gasteiger partial charge < -0.3 is 5.11 Å². The van der Waals surface area contributed by atoms with E-state index in [2.05, 4.69) is 86.8 Å². The molecule has 0 unspecified atom stereocenters. The summed E-state index contributed by atoms with van der Waals surface area (Å²) in [5.74, 6) is 0.547. The third-order valence-electron chi connectivity index (χ3n) is 8.51. The van der Waals surface area contributed by atoms with E-state index < -0.39 is 0 Å².